The van der Waals surface area contributed by atoms with Crippen molar-refractivity contribution < 1.29 is 9.47 Å². The summed E-state index contributed by atoms with van der Waals surface area (Å²) in [4.78, 5) is 2.50. The van der Waals surface area contributed by atoms with E-state index in [2.05, 4.69) is 43.1 Å². The first kappa shape index (κ1) is 14.2. The second-order valence-corrected chi connectivity index (χ2v) is 6.08. The molecule has 0 fully saturated rings. The molecule has 0 saturated heterocycles. The van der Waals surface area contributed by atoms with E-state index in [4.69, 9.17) is 9.47 Å². The topological polar surface area (TPSA) is 21.7 Å². The highest BCUT2D eigenvalue weighted by Crippen LogP contribution is 2.30. The van der Waals surface area contributed by atoms with Crippen molar-refractivity contribution in [3.63, 3.8) is 0 Å². The maximum Gasteiger partial charge on any atom is 0.160 e. The molecule has 3 aliphatic rings. The highest BCUT2D eigenvalue weighted by atomic mass is 16.5. The van der Waals surface area contributed by atoms with Crippen LogP contribution >= 0.6 is 0 Å². The Kier molecular flexibility index (Phi) is 4.30. The van der Waals surface area contributed by atoms with E-state index in [-0.39, 0.29) is 6.04 Å². The van der Waals surface area contributed by atoms with E-state index >= 15 is 0 Å². The van der Waals surface area contributed by atoms with Crippen LogP contribution in [0.2, 0.25) is 0 Å². The summed E-state index contributed by atoms with van der Waals surface area (Å²) in [5, 5.41) is 0. The van der Waals surface area contributed by atoms with E-state index in [1.54, 1.807) is 18.8 Å². The molecule has 0 spiro atoms. The molecule has 21 heavy (non-hydrogen) atoms. The minimum absolute atomic E-state index is 0.172. The zero-order chi connectivity index (χ0) is 14.7. The molecule has 0 amide bonds. The van der Waals surface area contributed by atoms with Gasteiger partial charge in [-0.2, -0.15) is 0 Å². The van der Waals surface area contributed by atoms with E-state index in [9.17, 15) is 0 Å². The van der Waals surface area contributed by atoms with Gasteiger partial charge in [0.1, 0.15) is 18.8 Å². The Balaban J connectivity index is 1.88. The fourth-order valence-electron chi connectivity index (χ4n) is 3.39. The van der Waals surface area contributed by atoms with Crippen LogP contribution in [0.25, 0.3) is 0 Å². The second-order valence-electron chi connectivity index (χ2n) is 6.08. The van der Waals surface area contributed by atoms with E-state index in [0.717, 1.165) is 31.7 Å². The van der Waals surface area contributed by atoms with Gasteiger partial charge in [0.2, 0.25) is 0 Å². The van der Waals surface area contributed by atoms with Crippen molar-refractivity contribution in [1.29, 1.82) is 0 Å². The van der Waals surface area contributed by atoms with Crippen molar-refractivity contribution in [3.05, 3.63) is 60.0 Å². The lowest BCUT2D eigenvalue weighted by molar-refractivity contribution is 0.154. The lowest BCUT2D eigenvalue weighted by Crippen LogP contribution is -2.44. The van der Waals surface area contributed by atoms with Crippen molar-refractivity contribution in [2.45, 2.75) is 32.7 Å². The third kappa shape index (κ3) is 3.30. The van der Waals surface area contributed by atoms with Crippen LogP contribution in [-0.4, -0.2) is 24.0 Å². The first-order chi connectivity index (χ1) is 10.2. The zero-order valence-electron chi connectivity index (χ0n) is 12.8. The molecule has 0 radical (unpaired) electrons. The van der Waals surface area contributed by atoms with Crippen LogP contribution in [0, 0.1) is 5.92 Å². The number of nitrogens with zero attached hydrogens (tertiary/aromatic N) is 1. The van der Waals surface area contributed by atoms with Gasteiger partial charge in [-0.3, -0.25) is 4.90 Å². The van der Waals surface area contributed by atoms with E-state index in [1.165, 1.54) is 11.1 Å². The van der Waals surface area contributed by atoms with E-state index < -0.39 is 0 Å². The Labute approximate surface area is 126 Å². The van der Waals surface area contributed by atoms with Gasteiger partial charge in [-0.1, -0.05) is 36.8 Å². The highest BCUT2D eigenvalue weighted by Gasteiger charge is 2.31. The number of rotatable bonds is 3. The number of ether oxygens (including phenoxy) is 2. The number of allylic oxidation sites excluding steroid dienone is 3. The molecule has 3 rings (SSSR count). The van der Waals surface area contributed by atoms with Crippen molar-refractivity contribution in [2.24, 2.45) is 5.92 Å². The van der Waals surface area contributed by atoms with Crippen molar-refractivity contribution in [3.8, 4) is 0 Å². The molecule has 2 heterocycles. The Hall–Kier alpha value is -1.74. The van der Waals surface area contributed by atoms with E-state index in [1.807, 2.05) is 0 Å². The molecule has 0 aromatic carbocycles. The molecule has 3 nitrogen and oxygen atoms in total. The average molecular weight is 285 g/mol. The van der Waals surface area contributed by atoms with Gasteiger partial charge in [-0.15, -0.1) is 0 Å². The normalized spacial score (nSPS) is 27.1. The first-order valence-electron chi connectivity index (χ1n) is 7.68. The van der Waals surface area contributed by atoms with Crippen molar-refractivity contribution in [2.75, 3.05) is 13.1 Å². The molecule has 2 unspecified atom stereocenters. The lowest BCUT2D eigenvalue weighted by Gasteiger charge is -2.38. The zero-order valence-corrected chi connectivity index (χ0v) is 12.8. The van der Waals surface area contributed by atoms with Gasteiger partial charge in [0.15, 0.2) is 5.76 Å². The molecule has 2 atom stereocenters. The Morgan fingerprint density at radius 1 is 1.33 bits per heavy atom. The predicted molar refractivity (Wildman–Crippen MR) is 84.1 cm³/mol. The molecule has 1 aliphatic carbocycles. The van der Waals surface area contributed by atoms with Crippen LogP contribution < -0.4 is 0 Å². The van der Waals surface area contributed by atoms with Crippen molar-refractivity contribution >= 4 is 0 Å². The van der Waals surface area contributed by atoms with Gasteiger partial charge in [0, 0.05) is 13.1 Å². The highest BCUT2D eigenvalue weighted by molar-refractivity contribution is 5.31. The van der Waals surface area contributed by atoms with Crippen LogP contribution in [0.1, 0.15) is 26.7 Å². The fourth-order valence-corrected chi connectivity index (χ4v) is 3.39. The van der Waals surface area contributed by atoms with Crippen molar-refractivity contribution in [1.82, 2.24) is 4.90 Å². The van der Waals surface area contributed by atoms with Crippen LogP contribution in [0.5, 0.6) is 0 Å². The summed E-state index contributed by atoms with van der Waals surface area (Å²) in [5.41, 5.74) is 2.84. The Morgan fingerprint density at radius 2 is 2.24 bits per heavy atom. The van der Waals surface area contributed by atoms with Gasteiger partial charge in [-0.05, 0) is 31.3 Å². The molecular weight excluding hydrogens is 262 g/mol. The van der Waals surface area contributed by atoms with Gasteiger partial charge in [0.05, 0.1) is 6.04 Å². The van der Waals surface area contributed by atoms with E-state index in [0.29, 0.717) is 5.92 Å². The smallest absolute Gasteiger partial charge is 0.160 e. The molecule has 0 aromatic heterocycles. The Bertz CT molecular complexity index is 539. The van der Waals surface area contributed by atoms with Crippen LogP contribution in [0.4, 0.5) is 0 Å². The molecular formula is C18H23NO2. The second kappa shape index (κ2) is 6.35. The molecule has 2 aliphatic heterocycles. The monoisotopic (exact) mass is 285 g/mol. The molecule has 112 valence electrons. The third-order valence-corrected chi connectivity index (χ3v) is 4.10. The third-order valence-electron chi connectivity index (χ3n) is 4.10. The Morgan fingerprint density at radius 3 is 2.90 bits per heavy atom. The van der Waals surface area contributed by atoms with Crippen LogP contribution in [0.15, 0.2) is 60.0 Å². The van der Waals surface area contributed by atoms with Gasteiger partial charge >= 0.3 is 0 Å². The summed E-state index contributed by atoms with van der Waals surface area (Å²) < 4.78 is 11.1. The van der Waals surface area contributed by atoms with Crippen LogP contribution in [0.3, 0.4) is 0 Å². The SMILES string of the molecule is CC1=CC(C)CN(C(C2=CC=CCC2)C2=COC=CO2)C1. The number of hydrogen-bond acceptors (Lipinski definition) is 3. The first-order valence-corrected chi connectivity index (χ1v) is 7.68. The average Bonchev–Trinajstić information content (AvgIpc) is 2.49. The summed E-state index contributed by atoms with van der Waals surface area (Å²) in [6.45, 7) is 6.52. The predicted octanol–water partition coefficient (Wildman–Crippen LogP) is 3.89. The molecule has 0 N–H and O–H groups in total. The summed E-state index contributed by atoms with van der Waals surface area (Å²) in [6, 6.07) is 0.172. The maximum absolute atomic E-state index is 5.75. The number of hydrogen-bond donors (Lipinski definition) is 0. The molecule has 0 saturated carbocycles. The van der Waals surface area contributed by atoms with Crippen LogP contribution in [-0.2, 0) is 9.47 Å². The molecule has 0 bridgehead atoms. The minimum Gasteiger partial charge on any atom is -0.466 e. The van der Waals surface area contributed by atoms with Gasteiger partial charge in [-0.25, -0.2) is 0 Å². The fraction of sp³-hybridized carbons (Fsp3) is 0.444. The van der Waals surface area contributed by atoms with Gasteiger partial charge < -0.3 is 9.47 Å². The maximum atomic E-state index is 5.75. The quantitative estimate of drug-likeness (QED) is 0.734. The minimum atomic E-state index is 0.172. The molecule has 0 aromatic rings. The summed E-state index contributed by atoms with van der Waals surface area (Å²) >= 11 is 0. The largest absolute Gasteiger partial charge is 0.466 e. The summed E-state index contributed by atoms with van der Waals surface area (Å²) in [6.07, 6.45) is 16.1. The lowest BCUT2D eigenvalue weighted by atomic mass is 9.92. The standard InChI is InChI=1S/C18H23NO2/c1-14-10-15(2)12-19(11-14)18(16-6-4-3-5-7-16)17-13-20-8-9-21-17/h3-4,6,8-10,13-14,18H,5,7,11-12H2,1-2H3. The van der Waals surface area contributed by atoms with Gasteiger partial charge in [0.25, 0.3) is 0 Å². The summed E-state index contributed by atoms with van der Waals surface area (Å²) in [7, 11) is 0. The molecule has 3 heteroatoms. The summed E-state index contributed by atoms with van der Waals surface area (Å²) in [5.74, 6) is 1.46.